The molecule has 0 atom stereocenters. The van der Waals surface area contributed by atoms with E-state index in [0.717, 1.165) is 6.42 Å². The van der Waals surface area contributed by atoms with E-state index in [0.29, 0.717) is 0 Å². The minimum Gasteiger partial charge on any atom is -0.378 e. The molecular weight excluding hydrogens is 150 g/mol. The Bertz CT molecular complexity index is 188. The van der Waals surface area contributed by atoms with E-state index in [2.05, 4.69) is 13.8 Å². The van der Waals surface area contributed by atoms with Crippen molar-refractivity contribution in [2.75, 3.05) is 7.11 Å². The Hall–Kier alpha value is -0.590. The number of nitrogens with zero attached hydrogens (tertiary/aromatic N) is 1. The zero-order valence-corrected chi connectivity index (χ0v) is 8.64. The van der Waals surface area contributed by atoms with Gasteiger partial charge in [0.1, 0.15) is 0 Å². The van der Waals surface area contributed by atoms with E-state index in [1.807, 2.05) is 19.7 Å². The average Bonchev–Trinajstić information content (AvgIpc) is 2.00. The fraction of sp³-hybridized carbons (Fsp3) is 0.800. The van der Waals surface area contributed by atoms with Crippen LogP contribution in [0.5, 0.6) is 0 Å². The van der Waals surface area contributed by atoms with Crippen molar-refractivity contribution in [2.45, 2.75) is 39.7 Å². The molecular formula is C10H18NO. The summed E-state index contributed by atoms with van der Waals surface area (Å²) in [6.07, 6.45) is 2.38. The first kappa shape index (κ1) is 11.4. The van der Waals surface area contributed by atoms with Gasteiger partial charge in [0.15, 0.2) is 0 Å². The number of hydrogen-bond donors (Lipinski definition) is 0. The van der Waals surface area contributed by atoms with Crippen LogP contribution < -0.4 is 5.41 Å². The maximum atomic E-state index is 8.42. The van der Waals surface area contributed by atoms with Crippen LogP contribution in [0, 0.1) is 5.41 Å². The largest absolute Gasteiger partial charge is 0.378 e. The Morgan fingerprint density at radius 3 is 2.17 bits per heavy atom. The third kappa shape index (κ3) is 2.47. The summed E-state index contributed by atoms with van der Waals surface area (Å²) in [5, 5.41) is 8.42. The van der Waals surface area contributed by atoms with E-state index < -0.39 is 0 Å². The molecule has 2 nitrogen and oxygen atoms in total. The lowest BCUT2D eigenvalue weighted by atomic mass is 9.74. The van der Waals surface area contributed by atoms with E-state index in [9.17, 15) is 0 Å². The predicted molar refractivity (Wildman–Crippen MR) is 51.2 cm³/mol. The molecule has 69 valence electrons. The van der Waals surface area contributed by atoms with E-state index >= 15 is 0 Å². The Morgan fingerprint density at radius 2 is 1.83 bits per heavy atom. The summed E-state index contributed by atoms with van der Waals surface area (Å²) < 4.78 is 5.37. The molecule has 2 heteroatoms. The van der Waals surface area contributed by atoms with Crippen LogP contribution in [0.25, 0.3) is 0 Å². The second-order valence-corrected chi connectivity index (χ2v) is 4.14. The fourth-order valence-electron chi connectivity index (χ4n) is 0.823. The smallest absolute Gasteiger partial charge is 0.0676 e. The average molecular weight is 168 g/mol. The van der Waals surface area contributed by atoms with Crippen molar-refractivity contribution in [1.82, 2.24) is 5.41 Å². The molecule has 0 aromatic carbocycles. The van der Waals surface area contributed by atoms with Gasteiger partial charge in [0.2, 0.25) is 0 Å². The fourth-order valence-corrected chi connectivity index (χ4v) is 0.823. The zero-order chi connectivity index (χ0) is 9.83. The summed E-state index contributed by atoms with van der Waals surface area (Å²) in [4.78, 5) is 0. The van der Waals surface area contributed by atoms with Gasteiger partial charge < -0.3 is 4.74 Å². The molecule has 0 heterocycles. The van der Waals surface area contributed by atoms with Gasteiger partial charge in [0, 0.05) is 13.0 Å². The maximum Gasteiger partial charge on any atom is 0.0676 e. The zero-order valence-electron chi connectivity index (χ0n) is 8.64. The van der Waals surface area contributed by atoms with Gasteiger partial charge in [-0.2, -0.15) is 0 Å². The Kier molecular flexibility index (Phi) is 3.69. The Labute approximate surface area is 75.1 Å². The van der Waals surface area contributed by atoms with Crippen molar-refractivity contribution in [2.24, 2.45) is 5.41 Å². The molecule has 0 aliphatic carbocycles. The second kappa shape index (κ2) is 3.88. The summed E-state index contributed by atoms with van der Waals surface area (Å²) in [6.45, 7) is 8.28. The third-order valence-electron chi connectivity index (χ3n) is 2.84. The molecule has 0 N–H and O–H groups in total. The molecule has 0 aromatic heterocycles. The predicted octanol–water partition coefficient (Wildman–Crippen LogP) is 1.85. The van der Waals surface area contributed by atoms with Crippen molar-refractivity contribution in [3.8, 4) is 0 Å². The molecule has 12 heavy (non-hydrogen) atoms. The molecule has 0 amide bonds. The molecule has 1 radical (unpaired) electrons. The van der Waals surface area contributed by atoms with Crippen LogP contribution in [0.2, 0.25) is 0 Å². The van der Waals surface area contributed by atoms with Crippen molar-refractivity contribution >= 4 is 5.87 Å². The number of methoxy groups -OCH3 is 1. The highest BCUT2D eigenvalue weighted by atomic mass is 16.5. The van der Waals surface area contributed by atoms with Crippen molar-refractivity contribution in [3.05, 3.63) is 6.08 Å². The van der Waals surface area contributed by atoms with Gasteiger partial charge in [-0.05, 0) is 31.8 Å². The summed E-state index contributed by atoms with van der Waals surface area (Å²) in [6, 6.07) is 0. The SMILES string of the molecule is COC(C)(C)C(C)(C)CC=C=[N]. The van der Waals surface area contributed by atoms with Crippen LogP contribution in [0.4, 0.5) is 0 Å². The maximum absolute atomic E-state index is 8.42. The number of allylic oxidation sites excluding steroid dienone is 1. The molecule has 0 saturated carbocycles. The van der Waals surface area contributed by atoms with E-state index in [1.54, 1.807) is 13.2 Å². The first-order chi connectivity index (χ1) is 5.37. The molecule has 0 aliphatic heterocycles. The number of rotatable bonds is 4. The van der Waals surface area contributed by atoms with Gasteiger partial charge in [0.05, 0.1) is 5.60 Å². The van der Waals surface area contributed by atoms with Gasteiger partial charge in [0.25, 0.3) is 0 Å². The normalized spacial score (nSPS) is 12.4. The minimum atomic E-state index is -0.194. The van der Waals surface area contributed by atoms with Crippen LogP contribution in [0.15, 0.2) is 6.08 Å². The summed E-state index contributed by atoms with van der Waals surface area (Å²) in [7, 11) is 1.70. The minimum absolute atomic E-state index is 0.00250. The molecule has 0 fully saturated rings. The highest BCUT2D eigenvalue weighted by Gasteiger charge is 2.35. The van der Waals surface area contributed by atoms with Crippen molar-refractivity contribution < 1.29 is 4.74 Å². The first-order valence-corrected chi connectivity index (χ1v) is 4.14. The van der Waals surface area contributed by atoms with Gasteiger partial charge >= 0.3 is 0 Å². The number of ether oxygens (including phenoxy) is 1. The summed E-state index contributed by atoms with van der Waals surface area (Å²) in [5.41, 5.74) is -0.197. The van der Waals surface area contributed by atoms with Crippen LogP contribution >= 0.6 is 0 Å². The van der Waals surface area contributed by atoms with Crippen molar-refractivity contribution in [1.29, 1.82) is 0 Å². The first-order valence-electron chi connectivity index (χ1n) is 4.14. The molecule has 0 saturated heterocycles. The highest BCUT2D eigenvalue weighted by Crippen LogP contribution is 2.36. The van der Waals surface area contributed by atoms with Crippen LogP contribution in [-0.2, 0) is 4.74 Å². The number of hydrogen-bond acceptors (Lipinski definition) is 1. The summed E-state index contributed by atoms with van der Waals surface area (Å²) >= 11 is 0. The van der Waals surface area contributed by atoms with Gasteiger partial charge in [-0.1, -0.05) is 19.3 Å². The lowest BCUT2D eigenvalue weighted by molar-refractivity contribution is -0.0692. The molecule has 0 aliphatic rings. The van der Waals surface area contributed by atoms with Crippen LogP contribution in [0.1, 0.15) is 34.1 Å². The standard InChI is InChI=1S/C10H18NO/c1-9(2,7-6-8-11)10(3,4)12-5/h6H,7H2,1-5H3. The van der Waals surface area contributed by atoms with Gasteiger partial charge in [-0.3, -0.25) is 0 Å². The van der Waals surface area contributed by atoms with E-state index in [-0.39, 0.29) is 11.0 Å². The molecule has 0 unspecified atom stereocenters. The van der Waals surface area contributed by atoms with Crippen molar-refractivity contribution in [3.63, 3.8) is 0 Å². The molecule has 0 bridgehead atoms. The third-order valence-corrected chi connectivity index (χ3v) is 2.84. The second-order valence-electron chi connectivity index (χ2n) is 4.14. The van der Waals surface area contributed by atoms with E-state index in [4.69, 9.17) is 10.1 Å². The highest BCUT2D eigenvalue weighted by molar-refractivity contribution is 5.48. The monoisotopic (exact) mass is 168 g/mol. The van der Waals surface area contributed by atoms with Gasteiger partial charge in [-0.15, -0.1) is 0 Å². The van der Waals surface area contributed by atoms with E-state index in [1.165, 1.54) is 0 Å². The van der Waals surface area contributed by atoms with Crippen LogP contribution in [0.3, 0.4) is 0 Å². The lowest BCUT2D eigenvalue weighted by Gasteiger charge is -2.39. The lowest BCUT2D eigenvalue weighted by Crippen LogP contribution is -2.40. The van der Waals surface area contributed by atoms with Crippen LogP contribution in [-0.4, -0.2) is 18.6 Å². The summed E-state index contributed by atoms with van der Waals surface area (Å²) in [5.74, 6) is 2.04. The quantitative estimate of drug-likeness (QED) is 0.589. The molecule has 0 aromatic rings. The Balaban J connectivity index is 4.47. The van der Waals surface area contributed by atoms with Gasteiger partial charge in [-0.25, -0.2) is 0 Å². The topological polar surface area (TPSA) is 31.5 Å². The molecule has 0 spiro atoms. The molecule has 0 rings (SSSR count). The Morgan fingerprint density at radius 1 is 1.33 bits per heavy atom.